The Morgan fingerprint density at radius 2 is 1.82 bits per heavy atom. The second-order valence-corrected chi connectivity index (χ2v) is 7.27. The molecule has 2 aromatic rings. The normalized spacial score (nSPS) is 15.5. The van der Waals surface area contributed by atoms with Crippen LogP contribution in [0.5, 0.6) is 0 Å². The molecular weight excluding hydrogens is 391 g/mol. The molecule has 0 atom stereocenters. The van der Waals surface area contributed by atoms with E-state index < -0.39 is 11.7 Å². The number of alkyl halides is 3. The number of hydrogen-bond donors (Lipinski definition) is 1. The van der Waals surface area contributed by atoms with E-state index in [1.807, 2.05) is 29.2 Å². The molecule has 0 spiro atoms. The lowest BCUT2D eigenvalue weighted by atomic mass is 9.95. The zero-order valence-corrected chi connectivity index (χ0v) is 15.9. The molecule has 1 fully saturated rings. The summed E-state index contributed by atoms with van der Waals surface area (Å²) in [7, 11) is 0. The molecule has 0 unspecified atom stereocenters. The zero-order chi connectivity index (χ0) is 20.1. The molecule has 1 saturated heterocycles. The van der Waals surface area contributed by atoms with Gasteiger partial charge < -0.3 is 10.2 Å². The summed E-state index contributed by atoms with van der Waals surface area (Å²) in [5.41, 5.74) is 0.346. The predicted molar refractivity (Wildman–Crippen MR) is 102 cm³/mol. The summed E-state index contributed by atoms with van der Waals surface area (Å²) >= 11 is 5.85. The molecule has 1 aromatic heterocycles. The number of nitrogens with one attached hydrogen (secondary N) is 1. The number of carbonyl (C=O) groups excluding carboxylic acids is 1. The molecule has 8 heteroatoms. The summed E-state index contributed by atoms with van der Waals surface area (Å²) in [4.78, 5) is 18.2. The molecule has 1 amide bonds. The molecule has 0 aliphatic carbocycles. The number of halogens is 4. The number of rotatable bonds is 5. The number of nitrogens with zero attached hydrogens (tertiary/aromatic N) is 2. The van der Waals surface area contributed by atoms with E-state index in [4.69, 9.17) is 11.6 Å². The van der Waals surface area contributed by atoms with Crippen molar-refractivity contribution in [1.82, 2.24) is 10.3 Å². The second-order valence-electron chi connectivity index (χ2n) is 6.83. The molecule has 1 N–H and O–H groups in total. The number of benzene rings is 1. The highest BCUT2D eigenvalue weighted by atomic mass is 35.5. The Bertz CT molecular complexity index is 786. The van der Waals surface area contributed by atoms with E-state index >= 15 is 0 Å². The summed E-state index contributed by atoms with van der Waals surface area (Å²) in [6.07, 6.45) is -1.50. The number of anilines is 1. The maximum absolute atomic E-state index is 12.6. The fourth-order valence-corrected chi connectivity index (χ4v) is 3.36. The third kappa shape index (κ3) is 5.38. The smallest absolute Gasteiger partial charge is 0.357 e. The van der Waals surface area contributed by atoms with E-state index in [2.05, 4.69) is 10.3 Å². The molecule has 0 radical (unpaired) electrons. The fraction of sp³-hybridized carbons (Fsp3) is 0.400. The lowest BCUT2D eigenvalue weighted by molar-refractivity contribution is -0.137. The van der Waals surface area contributed by atoms with Crippen LogP contribution in [0.25, 0.3) is 0 Å². The summed E-state index contributed by atoms with van der Waals surface area (Å²) in [6, 6.07) is 9.94. The van der Waals surface area contributed by atoms with Crippen LogP contribution in [0.15, 0.2) is 42.6 Å². The quantitative estimate of drug-likeness (QED) is 0.796. The number of amides is 1. The van der Waals surface area contributed by atoms with Crippen molar-refractivity contribution in [3.63, 3.8) is 0 Å². The van der Waals surface area contributed by atoms with Crippen LogP contribution < -0.4 is 10.2 Å². The highest BCUT2D eigenvalue weighted by Gasteiger charge is 2.31. The van der Waals surface area contributed by atoms with Crippen molar-refractivity contribution >= 4 is 23.3 Å². The fourth-order valence-electron chi connectivity index (χ4n) is 3.24. The number of pyridine rings is 1. The third-order valence-corrected chi connectivity index (χ3v) is 5.14. The van der Waals surface area contributed by atoms with Crippen molar-refractivity contribution in [3.8, 4) is 0 Å². The van der Waals surface area contributed by atoms with E-state index in [0.717, 1.165) is 24.2 Å². The topological polar surface area (TPSA) is 45.2 Å². The van der Waals surface area contributed by atoms with Crippen LogP contribution in [0.3, 0.4) is 0 Å². The van der Waals surface area contributed by atoms with E-state index in [0.29, 0.717) is 43.3 Å². The lowest BCUT2D eigenvalue weighted by Gasteiger charge is -2.32. The third-order valence-electron chi connectivity index (χ3n) is 4.89. The zero-order valence-electron chi connectivity index (χ0n) is 15.2. The Labute approximate surface area is 166 Å². The van der Waals surface area contributed by atoms with Gasteiger partial charge in [0.05, 0.1) is 5.56 Å². The Kier molecular flexibility index (Phi) is 6.44. The highest BCUT2D eigenvalue weighted by molar-refractivity contribution is 6.30. The van der Waals surface area contributed by atoms with Crippen molar-refractivity contribution in [1.29, 1.82) is 0 Å². The van der Waals surface area contributed by atoms with Gasteiger partial charge in [-0.3, -0.25) is 4.79 Å². The first-order valence-electron chi connectivity index (χ1n) is 9.13. The molecule has 28 heavy (non-hydrogen) atoms. The number of piperidine rings is 1. The van der Waals surface area contributed by atoms with Crippen LogP contribution in [-0.2, 0) is 17.4 Å². The first-order chi connectivity index (χ1) is 13.3. The second kappa shape index (κ2) is 8.82. The van der Waals surface area contributed by atoms with E-state index in [-0.39, 0.29) is 11.8 Å². The van der Waals surface area contributed by atoms with Crippen molar-refractivity contribution in [3.05, 3.63) is 58.7 Å². The van der Waals surface area contributed by atoms with Gasteiger partial charge in [-0.15, -0.1) is 0 Å². The van der Waals surface area contributed by atoms with Crippen LogP contribution in [0, 0.1) is 5.92 Å². The standard InChI is InChI=1S/C20H21ClF3N3O/c21-17-4-1-14(2-5-17)7-10-25-19(28)15-8-11-27(12-9-15)18-6-3-16(13-26-18)20(22,23)24/h1-6,13,15H,7-12H2,(H,25,28). The maximum atomic E-state index is 12.6. The Hall–Kier alpha value is -2.28. The van der Waals surface area contributed by atoms with Gasteiger partial charge in [-0.1, -0.05) is 23.7 Å². The van der Waals surface area contributed by atoms with E-state index in [1.54, 1.807) is 0 Å². The molecule has 0 saturated carbocycles. The summed E-state index contributed by atoms with van der Waals surface area (Å²) in [5.74, 6) is 0.444. The van der Waals surface area contributed by atoms with Gasteiger partial charge in [-0.2, -0.15) is 13.2 Å². The van der Waals surface area contributed by atoms with Crippen molar-refractivity contribution in [2.24, 2.45) is 5.92 Å². The van der Waals surface area contributed by atoms with Crippen LogP contribution in [0.2, 0.25) is 5.02 Å². The van der Waals surface area contributed by atoms with E-state index in [1.165, 1.54) is 6.07 Å². The largest absolute Gasteiger partial charge is 0.417 e. The van der Waals surface area contributed by atoms with Crippen molar-refractivity contribution in [2.45, 2.75) is 25.4 Å². The van der Waals surface area contributed by atoms with Gasteiger partial charge in [-0.25, -0.2) is 4.98 Å². The van der Waals surface area contributed by atoms with Crippen molar-refractivity contribution < 1.29 is 18.0 Å². The van der Waals surface area contributed by atoms with Gasteiger partial charge in [0.15, 0.2) is 0 Å². The number of aromatic nitrogens is 1. The minimum Gasteiger partial charge on any atom is -0.357 e. The minimum atomic E-state index is -4.39. The molecule has 4 nitrogen and oxygen atoms in total. The van der Waals surface area contributed by atoms with Gasteiger partial charge in [0.2, 0.25) is 5.91 Å². The van der Waals surface area contributed by atoms with Gasteiger partial charge in [0, 0.05) is 36.8 Å². The van der Waals surface area contributed by atoms with Crippen LogP contribution in [0.1, 0.15) is 24.0 Å². The van der Waals surface area contributed by atoms with Gasteiger partial charge >= 0.3 is 6.18 Å². The van der Waals surface area contributed by atoms with Crippen molar-refractivity contribution in [2.75, 3.05) is 24.5 Å². The maximum Gasteiger partial charge on any atom is 0.417 e. The van der Waals surface area contributed by atoms with Gasteiger partial charge in [0.25, 0.3) is 0 Å². The molecule has 1 aromatic carbocycles. The molecule has 1 aliphatic heterocycles. The van der Waals surface area contributed by atoms with Gasteiger partial charge in [0.1, 0.15) is 5.82 Å². The molecule has 150 valence electrons. The summed E-state index contributed by atoms with van der Waals surface area (Å²) < 4.78 is 37.9. The first-order valence-corrected chi connectivity index (χ1v) is 9.51. The number of hydrogen-bond acceptors (Lipinski definition) is 3. The summed E-state index contributed by atoms with van der Waals surface area (Å²) in [5, 5.41) is 3.65. The predicted octanol–water partition coefficient (Wildman–Crippen LogP) is 4.33. The lowest BCUT2D eigenvalue weighted by Crippen LogP contribution is -2.41. The average Bonchev–Trinajstić information content (AvgIpc) is 2.69. The van der Waals surface area contributed by atoms with E-state index in [9.17, 15) is 18.0 Å². The summed E-state index contributed by atoms with van der Waals surface area (Å²) in [6.45, 7) is 1.74. The van der Waals surface area contributed by atoms with Crippen LogP contribution in [0.4, 0.5) is 19.0 Å². The SMILES string of the molecule is O=C(NCCc1ccc(Cl)cc1)C1CCN(c2ccc(C(F)(F)F)cn2)CC1. The van der Waals surface area contributed by atoms with Crippen LogP contribution in [-0.4, -0.2) is 30.5 Å². The average molecular weight is 412 g/mol. The Morgan fingerprint density at radius 3 is 2.39 bits per heavy atom. The monoisotopic (exact) mass is 411 g/mol. The minimum absolute atomic E-state index is 0.0222. The first kappa shape index (κ1) is 20.5. The molecular formula is C20H21ClF3N3O. The highest BCUT2D eigenvalue weighted by Crippen LogP contribution is 2.30. The van der Waals surface area contributed by atoms with Crippen LogP contribution >= 0.6 is 11.6 Å². The Balaban J connectivity index is 1.44. The Morgan fingerprint density at radius 1 is 1.14 bits per heavy atom. The van der Waals surface area contributed by atoms with Gasteiger partial charge in [-0.05, 0) is 49.1 Å². The number of carbonyl (C=O) groups is 1. The molecule has 2 heterocycles. The molecule has 0 bridgehead atoms. The molecule has 1 aliphatic rings. The molecule has 3 rings (SSSR count).